The molecule has 0 aliphatic carbocycles. The summed E-state index contributed by atoms with van der Waals surface area (Å²) in [6.45, 7) is 7.66. The van der Waals surface area contributed by atoms with Crippen molar-refractivity contribution in [1.29, 1.82) is 0 Å². The maximum Gasteiger partial charge on any atom is 0.336 e. The Morgan fingerprint density at radius 2 is 1.65 bits per heavy atom. The van der Waals surface area contributed by atoms with Crippen LogP contribution in [0.25, 0.3) is 11.1 Å². The molecule has 5 heteroatoms. The summed E-state index contributed by atoms with van der Waals surface area (Å²) in [5.41, 5.74) is 5.13. The van der Waals surface area contributed by atoms with E-state index in [1.807, 2.05) is 45.5 Å². The molecule has 1 heterocycles. The Kier molecular flexibility index (Phi) is 7.50. The highest BCUT2D eigenvalue weighted by atomic mass is 16.4. The van der Waals surface area contributed by atoms with E-state index in [1.54, 1.807) is 12.1 Å². The largest absolute Gasteiger partial charge is 0.478 e. The van der Waals surface area contributed by atoms with Gasteiger partial charge in [-0.3, -0.25) is 9.13 Å². The molecule has 0 saturated heterocycles. The third-order valence-electron chi connectivity index (χ3n) is 5.85. The van der Waals surface area contributed by atoms with Gasteiger partial charge in [-0.05, 0) is 42.5 Å². The van der Waals surface area contributed by atoms with Gasteiger partial charge in [-0.15, -0.1) is 0 Å². The Hall–Kier alpha value is -3.08. The average molecular weight is 421 g/mol. The highest BCUT2D eigenvalue weighted by molar-refractivity contribution is 5.95. The van der Waals surface area contributed by atoms with E-state index in [0.29, 0.717) is 12.1 Å². The first kappa shape index (κ1) is 22.6. The number of carboxylic acid groups (broad SMARTS) is 1. The van der Waals surface area contributed by atoms with Crippen molar-refractivity contribution in [3.05, 3.63) is 81.5 Å². The zero-order valence-corrected chi connectivity index (χ0v) is 18.7. The molecule has 0 bridgehead atoms. The van der Waals surface area contributed by atoms with E-state index in [4.69, 9.17) is 0 Å². The van der Waals surface area contributed by atoms with Crippen molar-refractivity contribution in [1.82, 2.24) is 9.13 Å². The second-order valence-electron chi connectivity index (χ2n) is 8.06. The summed E-state index contributed by atoms with van der Waals surface area (Å²) in [5, 5.41) is 9.45. The average Bonchev–Trinajstić information content (AvgIpc) is 2.99. The van der Waals surface area contributed by atoms with Crippen LogP contribution in [0.15, 0.2) is 53.3 Å². The van der Waals surface area contributed by atoms with Gasteiger partial charge in [0.05, 0.1) is 12.1 Å². The van der Waals surface area contributed by atoms with Crippen molar-refractivity contribution in [2.24, 2.45) is 0 Å². The number of hydrogen-bond acceptors (Lipinski definition) is 2. The van der Waals surface area contributed by atoms with Crippen LogP contribution in [-0.2, 0) is 19.5 Å². The van der Waals surface area contributed by atoms with Gasteiger partial charge in [0.15, 0.2) is 0 Å². The number of benzene rings is 2. The number of imidazole rings is 1. The van der Waals surface area contributed by atoms with Gasteiger partial charge in [0.2, 0.25) is 0 Å². The Bertz CT molecular complexity index is 1090. The van der Waals surface area contributed by atoms with Crippen LogP contribution in [0.4, 0.5) is 0 Å². The lowest BCUT2D eigenvalue weighted by Gasteiger charge is -2.10. The minimum absolute atomic E-state index is 0.0670. The normalized spacial score (nSPS) is 11.1. The Morgan fingerprint density at radius 3 is 2.29 bits per heavy atom. The topological polar surface area (TPSA) is 64.2 Å². The van der Waals surface area contributed by atoms with Crippen LogP contribution in [0, 0.1) is 6.92 Å². The maximum atomic E-state index is 13.2. The van der Waals surface area contributed by atoms with Crippen molar-refractivity contribution >= 4 is 5.97 Å². The first-order chi connectivity index (χ1) is 15.0. The van der Waals surface area contributed by atoms with Crippen LogP contribution >= 0.6 is 0 Å². The van der Waals surface area contributed by atoms with E-state index in [9.17, 15) is 14.7 Å². The number of aromatic nitrogens is 2. The Balaban J connectivity index is 1.90. The van der Waals surface area contributed by atoms with Crippen LogP contribution in [0.3, 0.4) is 0 Å². The lowest BCUT2D eigenvalue weighted by Crippen LogP contribution is -2.26. The van der Waals surface area contributed by atoms with E-state index >= 15 is 0 Å². The van der Waals surface area contributed by atoms with E-state index in [0.717, 1.165) is 61.2 Å². The molecule has 0 aliphatic heterocycles. The van der Waals surface area contributed by atoms with Crippen LogP contribution in [0.1, 0.15) is 66.8 Å². The number of unbranched alkanes of at least 4 members (excludes halogenated alkanes) is 2. The molecule has 0 amide bonds. The van der Waals surface area contributed by atoms with E-state index in [1.165, 1.54) is 0 Å². The second-order valence-corrected chi connectivity index (χ2v) is 8.06. The Morgan fingerprint density at radius 1 is 0.935 bits per heavy atom. The molecule has 0 unspecified atom stereocenters. The predicted octanol–water partition coefficient (Wildman–Crippen LogP) is 5.51. The molecule has 0 fully saturated rings. The van der Waals surface area contributed by atoms with Gasteiger partial charge in [0.1, 0.15) is 0 Å². The van der Waals surface area contributed by atoms with Crippen molar-refractivity contribution in [2.75, 3.05) is 0 Å². The summed E-state index contributed by atoms with van der Waals surface area (Å²) < 4.78 is 3.84. The summed E-state index contributed by atoms with van der Waals surface area (Å²) >= 11 is 0. The molecule has 1 aromatic heterocycles. The van der Waals surface area contributed by atoms with Crippen molar-refractivity contribution < 1.29 is 9.90 Å². The lowest BCUT2D eigenvalue weighted by atomic mass is 9.99. The van der Waals surface area contributed by atoms with Crippen molar-refractivity contribution in [2.45, 2.75) is 66.0 Å². The quantitative estimate of drug-likeness (QED) is 0.440. The maximum absolute atomic E-state index is 13.2. The molecule has 3 rings (SSSR count). The van der Waals surface area contributed by atoms with Crippen molar-refractivity contribution in [3.8, 4) is 11.1 Å². The van der Waals surface area contributed by atoms with Crippen LogP contribution in [0.5, 0.6) is 0 Å². The molecule has 0 saturated carbocycles. The number of hydrogen-bond donors (Lipinski definition) is 1. The third kappa shape index (κ3) is 4.98. The van der Waals surface area contributed by atoms with Crippen LogP contribution < -0.4 is 5.69 Å². The van der Waals surface area contributed by atoms with Gasteiger partial charge in [0, 0.05) is 17.9 Å². The fourth-order valence-corrected chi connectivity index (χ4v) is 4.15. The first-order valence-electron chi connectivity index (χ1n) is 11.2. The number of nitrogens with zero attached hydrogens (tertiary/aromatic N) is 2. The van der Waals surface area contributed by atoms with Gasteiger partial charge < -0.3 is 5.11 Å². The second kappa shape index (κ2) is 10.3. The molecule has 31 heavy (non-hydrogen) atoms. The summed E-state index contributed by atoms with van der Waals surface area (Å²) in [6.07, 6.45) is 5.15. The number of carbonyl (C=O) groups is 1. The smallest absolute Gasteiger partial charge is 0.336 e. The van der Waals surface area contributed by atoms with Gasteiger partial charge in [-0.2, -0.15) is 0 Å². The Labute approximate surface area is 184 Å². The molecular formula is C26H32N2O3. The van der Waals surface area contributed by atoms with Gasteiger partial charge in [-0.1, -0.05) is 75.6 Å². The highest BCUT2D eigenvalue weighted by Gasteiger charge is 2.16. The highest BCUT2D eigenvalue weighted by Crippen LogP contribution is 2.24. The lowest BCUT2D eigenvalue weighted by molar-refractivity contribution is 0.0697. The predicted molar refractivity (Wildman–Crippen MR) is 125 cm³/mol. The molecule has 3 aromatic rings. The van der Waals surface area contributed by atoms with E-state index < -0.39 is 5.97 Å². The number of rotatable bonds is 10. The number of carboxylic acids is 1. The van der Waals surface area contributed by atoms with Crippen LogP contribution in [-0.4, -0.2) is 20.2 Å². The monoisotopic (exact) mass is 420 g/mol. The zero-order chi connectivity index (χ0) is 22.4. The van der Waals surface area contributed by atoms with E-state index in [-0.39, 0.29) is 11.3 Å². The third-order valence-corrected chi connectivity index (χ3v) is 5.85. The minimum atomic E-state index is -0.935. The molecule has 0 atom stereocenters. The van der Waals surface area contributed by atoms with Gasteiger partial charge in [-0.25, -0.2) is 9.59 Å². The standard InChI is InChI=1S/C26H32N2O3/c1-4-6-9-17-27-19(3)24(10-5-2)28(26(27)31)18-20-13-15-21(16-14-20)22-11-7-8-12-23(22)25(29)30/h7-8,11-16H,4-6,9-10,17-18H2,1-3H3,(H,29,30). The summed E-state index contributed by atoms with van der Waals surface area (Å²) in [5.74, 6) is -0.935. The van der Waals surface area contributed by atoms with Gasteiger partial charge >= 0.3 is 11.7 Å². The van der Waals surface area contributed by atoms with Crippen LogP contribution in [0.2, 0.25) is 0 Å². The number of aromatic carboxylic acids is 1. The molecular weight excluding hydrogens is 388 g/mol. The molecule has 2 aromatic carbocycles. The minimum Gasteiger partial charge on any atom is -0.478 e. The molecule has 1 N–H and O–H groups in total. The van der Waals surface area contributed by atoms with Crippen molar-refractivity contribution in [3.63, 3.8) is 0 Å². The molecule has 0 spiro atoms. The molecule has 164 valence electrons. The summed E-state index contributed by atoms with van der Waals surface area (Å²) in [4.78, 5) is 24.7. The van der Waals surface area contributed by atoms with E-state index in [2.05, 4.69) is 20.8 Å². The molecule has 0 aliphatic rings. The summed E-state index contributed by atoms with van der Waals surface area (Å²) in [7, 11) is 0. The molecule has 5 nitrogen and oxygen atoms in total. The first-order valence-corrected chi connectivity index (χ1v) is 11.2. The SMILES string of the molecule is CCCCCn1c(C)c(CCC)n(Cc2ccc(-c3ccccc3C(=O)O)cc2)c1=O. The van der Waals surface area contributed by atoms with Gasteiger partial charge in [0.25, 0.3) is 0 Å². The fraction of sp³-hybridized carbons (Fsp3) is 0.385. The fourth-order valence-electron chi connectivity index (χ4n) is 4.15. The summed E-state index contributed by atoms with van der Waals surface area (Å²) in [6, 6.07) is 14.9. The molecule has 0 radical (unpaired) electrons. The zero-order valence-electron chi connectivity index (χ0n) is 18.7.